The lowest BCUT2D eigenvalue weighted by Gasteiger charge is -2.04. The van der Waals surface area contributed by atoms with Crippen LogP contribution in [0.25, 0.3) is 5.13 Å². The number of rotatable bonds is 5. The molecule has 2 aromatic rings. The second-order valence-electron chi connectivity index (χ2n) is 4.57. The standard InChI is InChI=1S/C12H18N4S/c1-9(2)4-13-5-11-6-16(8-14-11)12-15-10(3)7-17-12/h6-9,13H,4-5H2,1-3H3. The van der Waals surface area contributed by atoms with Gasteiger partial charge in [0, 0.05) is 18.1 Å². The van der Waals surface area contributed by atoms with Crippen molar-refractivity contribution in [2.24, 2.45) is 5.92 Å². The third-order valence-corrected chi connectivity index (χ3v) is 3.29. The Hall–Kier alpha value is -1.20. The monoisotopic (exact) mass is 250 g/mol. The number of aromatic nitrogens is 3. The number of hydrogen-bond acceptors (Lipinski definition) is 4. The van der Waals surface area contributed by atoms with Gasteiger partial charge < -0.3 is 5.32 Å². The molecular formula is C12H18N4S. The highest BCUT2D eigenvalue weighted by atomic mass is 32.1. The first kappa shape index (κ1) is 12.3. The Kier molecular flexibility index (Phi) is 3.91. The molecule has 1 N–H and O–H groups in total. The van der Waals surface area contributed by atoms with E-state index in [1.54, 1.807) is 11.3 Å². The molecule has 0 saturated carbocycles. The highest BCUT2D eigenvalue weighted by molar-refractivity contribution is 7.12. The van der Waals surface area contributed by atoms with Gasteiger partial charge in [0.2, 0.25) is 0 Å². The van der Waals surface area contributed by atoms with Crippen molar-refractivity contribution in [1.29, 1.82) is 0 Å². The van der Waals surface area contributed by atoms with E-state index in [0.717, 1.165) is 29.6 Å². The molecule has 2 rings (SSSR count). The van der Waals surface area contributed by atoms with Gasteiger partial charge >= 0.3 is 0 Å². The molecule has 0 radical (unpaired) electrons. The predicted octanol–water partition coefficient (Wildman–Crippen LogP) is 2.38. The van der Waals surface area contributed by atoms with E-state index in [1.165, 1.54) is 0 Å². The van der Waals surface area contributed by atoms with Crippen LogP contribution in [0.3, 0.4) is 0 Å². The van der Waals surface area contributed by atoms with E-state index in [4.69, 9.17) is 0 Å². The van der Waals surface area contributed by atoms with E-state index in [-0.39, 0.29) is 0 Å². The Morgan fingerprint density at radius 1 is 1.47 bits per heavy atom. The summed E-state index contributed by atoms with van der Waals surface area (Å²) in [6, 6.07) is 0. The molecule has 0 bridgehead atoms. The maximum atomic E-state index is 4.42. The van der Waals surface area contributed by atoms with Gasteiger partial charge in [0.05, 0.1) is 11.4 Å². The van der Waals surface area contributed by atoms with Gasteiger partial charge in [-0.15, -0.1) is 11.3 Å². The zero-order chi connectivity index (χ0) is 12.3. The molecule has 0 saturated heterocycles. The molecule has 5 heteroatoms. The van der Waals surface area contributed by atoms with Gasteiger partial charge in [0.1, 0.15) is 6.33 Å². The van der Waals surface area contributed by atoms with Crippen LogP contribution in [0.15, 0.2) is 17.9 Å². The molecule has 2 heterocycles. The van der Waals surface area contributed by atoms with Crippen LogP contribution in [-0.4, -0.2) is 21.1 Å². The van der Waals surface area contributed by atoms with Crippen molar-refractivity contribution >= 4 is 11.3 Å². The third-order valence-electron chi connectivity index (χ3n) is 2.32. The van der Waals surface area contributed by atoms with Crippen LogP contribution in [0.4, 0.5) is 0 Å². The average Bonchev–Trinajstić information content (AvgIpc) is 2.86. The highest BCUT2D eigenvalue weighted by Crippen LogP contribution is 2.14. The maximum Gasteiger partial charge on any atom is 0.195 e. The number of nitrogens with zero attached hydrogens (tertiary/aromatic N) is 3. The predicted molar refractivity (Wildman–Crippen MR) is 70.5 cm³/mol. The normalized spacial score (nSPS) is 11.3. The first-order chi connectivity index (χ1) is 8.15. The van der Waals surface area contributed by atoms with Crippen molar-refractivity contribution in [2.75, 3.05) is 6.54 Å². The summed E-state index contributed by atoms with van der Waals surface area (Å²) in [7, 11) is 0. The minimum Gasteiger partial charge on any atom is -0.311 e. The van der Waals surface area contributed by atoms with Crippen molar-refractivity contribution in [2.45, 2.75) is 27.3 Å². The molecule has 4 nitrogen and oxygen atoms in total. The fourth-order valence-electron chi connectivity index (χ4n) is 1.51. The lowest BCUT2D eigenvalue weighted by atomic mass is 10.2. The Morgan fingerprint density at radius 3 is 2.94 bits per heavy atom. The van der Waals surface area contributed by atoms with Crippen LogP contribution >= 0.6 is 11.3 Å². The van der Waals surface area contributed by atoms with Crippen LogP contribution in [-0.2, 0) is 6.54 Å². The topological polar surface area (TPSA) is 42.7 Å². The quantitative estimate of drug-likeness (QED) is 0.886. The Morgan fingerprint density at radius 2 is 2.29 bits per heavy atom. The van der Waals surface area contributed by atoms with Crippen LogP contribution in [0.5, 0.6) is 0 Å². The molecule has 0 fully saturated rings. The number of imidazole rings is 1. The molecule has 92 valence electrons. The van der Waals surface area contributed by atoms with Crippen molar-refractivity contribution in [1.82, 2.24) is 19.9 Å². The number of aryl methyl sites for hydroxylation is 1. The first-order valence-corrected chi connectivity index (χ1v) is 6.69. The first-order valence-electron chi connectivity index (χ1n) is 5.81. The average molecular weight is 250 g/mol. The molecule has 0 aromatic carbocycles. The third kappa shape index (κ3) is 3.38. The van der Waals surface area contributed by atoms with E-state index in [0.29, 0.717) is 5.92 Å². The van der Waals surface area contributed by atoms with Gasteiger partial charge in [0.15, 0.2) is 5.13 Å². The lowest BCUT2D eigenvalue weighted by molar-refractivity contribution is 0.549. The van der Waals surface area contributed by atoms with Crippen LogP contribution in [0, 0.1) is 12.8 Å². The molecular weight excluding hydrogens is 232 g/mol. The van der Waals surface area contributed by atoms with Crippen molar-refractivity contribution in [3.63, 3.8) is 0 Å². The summed E-state index contributed by atoms with van der Waals surface area (Å²) < 4.78 is 1.98. The van der Waals surface area contributed by atoms with Gasteiger partial charge in [0.25, 0.3) is 0 Å². The molecule has 0 atom stereocenters. The van der Waals surface area contributed by atoms with E-state index in [9.17, 15) is 0 Å². The lowest BCUT2D eigenvalue weighted by Crippen LogP contribution is -2.19. The maximum absolute atomic E-state index is 4.42. The van der Waals surface area contributed by atoms with Crippen LogP contribution < -0.4 is 5.32 Å². The van der Waals surface area contributed by atoms with Gasteiger partial charge in [-0.05, 0) is 19.4 Å². The highest BCUT2D eigenvalue weighted by Gasteiger charge is 2.04. The van der Waals surface area contributed by atoms with Gasteiger partial charge in [-0.3, -0.25) is 4.57 Å². The largest absolute Gasteiger partial charge is 0.311 e. The van der Waals surface area contributed by atoms with Gasteiger partial charge in [-0.25, -0.2) is 9.97 Å². The SMILES string of the molecule is Cc1csc(-n2cnc(CNCC(C)C)c2)n1. The number of nitrogens with one attached hydrogen (secondary N) is 1. The van der Waals surface area contributed by atoms with E-state index < -0.39 is 0 Å². The summed E-state index contributed by atoms with van der Waals surface area (Å²) >= 11 is 1.64. The Balaban J connectivity index is 1.96. The summed E-state index contributed by atoms with van der Waals surface area (Å²) in [5.41, 5.74) is 2.11. The summed E-state index contributed by atoms with van der Waals surface area (Å²) in [4.78, 5) is 8.79. The molecule has 0 spiro atoms. The summed E-state index contributed by atoms with van der Waals surface area (Å²) in [6.07, 6.45) is 3.86. The molecule has 0 aliphatic rings. The van der Waals surface area contributed by atoms with Crippen molar-refractivity contribution < 1.29 is 0 Å². The summed E-state index contributed by atoms with van der Waals surface area (Å²) in [5, 5.41) is 6.40. The van der Waals surface area contributed by atoms with E-state index in [2.05, 4.69) is 29.1 Å². The minimum atomic E-state index is 0.665. The number of hydrogen-bond donors (Lipinski definition) is 1. The minimum absolute atomic E-state index is 0.665. The smallest absolute Gasteiger partial charge is 0.195 e. The van der Waals surface area contributed by atoms with E-state index in [1.807, 2.05) is 29.4 Å². The fourth-order valence-corrected chi connectivity index (χ4v) is 2.26. The molecule has 2 aromatic heterocycles. The summed E-state index contributed by atoms with van der Waals surface area (Å²) in [6.45, 7) is 8.23. The molecule has 0 aliphatic carbocycles. The zero-order valence-electron chi connectivity index (χ0n) is 10.5. The Bertz CT molecular complexity index is 472. The van der Waals surface area contributed by atoms with Crippen LogP contribution in [0.1, 0.15) is 25.2 Å². The van der Waals surface area contributed by atoms with Crippen LogP contribution in [0.2, 0.25) is 0 Å². The molecule has 0 amide bonds. The van der Waals surface area contributed by atoms with E-state index >= 15 is 0 Å². The van der Waals surface area contributed by atoms with Crippen molar-refractivity contribution in [3.05, 3.63) is 29.3 Å². The number of thiazole rings is 1. The second-order valence-corrected chi connectivity index (χ2v) is 5.41. The Labute approximate surface area is 106 Å². The summed E-state index contributed by atoms with van der Waals surface area (Å²) in [5.74, 6) is 0.665. The molecule has 17 heavy (non-hydrogen) atoms. The van der Waals surface area contributed by atoms with Crippen molar-refractivity contribution in [3.8, 4) is 5.13 Å². The second kappa shape index (κ2) is 5.42. The molecule has 0 unspecified atom stereocenters. The molecule has 0 aliphatic heterocycles. The zero-order valence-corrected chi connectivity index (χ0v) is 11.3. The van der Waals surface area contributed by atoms with Gasteiger partial charge in [-0.1, -0.05) is 13.8 Å². The fraction of sp³-hybridized carbons (Fsp3) is 0.500. The van der Waals surface area contributed by atoms with Gasteiger partial charge in [-0.2, -0.15) is 0 Å².